The molecule has 7 nitrogen and oxygen atoms in total. The van der Waals surface area contributed by atoms with E-state index in [1.165, 1.54) is 12.0 Å². The zero-order valence-electron chi connectivity index (χ0n) is 24.7. The smallest absolute Gasteiger partial charge is 0.416 e. The fourth-order valence-corrected chi connectivity index (χ4v) is 6.22. The first-order valence-corrected chi connectivity index (χ1v) is 14.2. The van der Waals surface area contributed by atoms with Gasteiger partial charge in [-0.2, -0.15) is 26.3 Å². The van der Waals surface area contributed by atoms with Crippen LogP contribution in [0.1, 0.15) is 68.4 Å². The lowest BCUT2D eigenvalue weighted by molar-refractivity contribution is -0.143. The first-order chi connectivity index (χ1) is 20.5. The van der Waals surface area contributed by atoms with Gasteiger partial charge in [-0.3, -0.25) is 9.80 Å². The van der Waals surface area contributed by atoms with Gasteiger partial charge < -0.3 is 14.8 Å². The largest absolute Gasteiger partial charge is 0.496 e. The number of urea groups is 1. The Morgan fingerprint density at radius 2 is 1.68 bits per heavy atom. The minimum Gasteiger partial charge on any atom is -0.496 e. The van der Waals surface area contributed by atoms with Gasteiger partial charge in [0.15, 0.2) is 0 Å². The highest BCUT2D eigenvalue weighted by molar-refractivity contribution is 5.95. The fraction of sp³-hybridized carbons (Fsp3) is 0.484. The fourth-order valence-electron chi connectivity index (χ4n) is 6.22. The van der Waals surface area contributed by atoms with Crippen LogP contribution in [0, 0.1) is 5.41 Å². The maximum Gasteiger partial charge on any atom is 0.416 e. The molecule has 3 amide bonds. The van der Waals surface area contributed by atoms with Crippen molar-refractivity contribution >= 4 is 23.4 Å². The Balaban J connectivity index is 1.52. The number of amides is 3. The molecular weight excluding hydrogens is 592 g/mol. The molecule has 2 heterocycles. The third-order valence-corrected chi connectivity index (χ3v) is 8.54. The number of alkyl halides is 6. The van der Waals surface area contributed by atoms with Gasteiger partial charge in [-0.05, 0) is 84.7 Å². The van der Waals surface area contributed by atoms with Crippen LogP contribution < -0.4 is 15.0 Å². The predicted octanol–water partition coefficient (Wildman–Crippen LogP) is 7.81. The first-order valence-electron chi connectivity index (χ1n) is 14.2. The highest BCUT2D eigenvalue weighted by Crippen LogP contribution is 2.47. The summed E-state index contributed by atoms with van der Waals surface area (Å²) in [5, 5.41) is 2.78. The number of nitrogens with one attached hydrogen (secondary N) is 1. The van der Waals surface area contributed by atoms with Crippen molar-refractivity contribution in [1.29, 1.82) is 0 Å². The molecule has 2 aliphatic heterocycles. The summed E-state index contributed by atoms with van der Waals surface area (Å²) in [6, 6.07) is 5.60. The van der Waals surface area contributed by atoms with E-state index in [9.17, 15) is 35.9 Å². The number of carbonyl (C=O) groups is 2. The van der Waals surface area contributed by atoms with Crippen molar-refractivity contribution in [3.05, 3.63) is 64.2 Å². The Hall–Kier alpha value is -3.90. The minimum absolute atomic E-state index is 0.0528. The van der Waals surface area contributed by atoms with Crippen molar-refractivity contribution in [1.82, 2.24) is 10.2 Å². The molecule has 0 radical (unpaired) electrons. The average molecular weight is 626 g/mol. The molecule has 44 heavy (non-hydrogen) atoms. The van der Waals surface area contributed by atoms with Crippen LogP contribution in [0.4, 0.5) is 41.6 Å². The Bertz CT molecular complexity index is 1470. The topological polar surface area (TPSA) is 71.1 Å². The van der Waals surface area contributed by atoms with Crippen molar-refractivity contribution < 1.29 is 45.4 Å². The molecular formula is C31H33F6N3O4. The van der Waals surface area contributed by atoms with Crippen LogP contribution in [0.25, 0.3) is 5.57 Å². The van der Waals surface area contributed by atoms with Gasteiger partial charge in [0, 0.05) is 30.9 Å². The number of rotatable bonds is 6. The van der Waals surface area contributed by atoms with Crippen molar-refractivity contribution in [3.8, 4) is 5.75 Å². The van der Waals surface area contributed by atoms with Crippen LogP contribution in [0.15, 0.2) is 42.0 Å². The number of halogens is 6. The molecule has 2 aromatic carbocycles. The van der Waals surface area contributed by atoms with E-state index in [4.69, 9.17) is 9.47 Å². The van der Waals surface area contributed by atoms with E-state index < -0.39 is 41.7 Å². The van der Waals surface area contributed by atoms with E-state index in [1.54, 1.807) is 24.0 Å². The molecule has 3 aliphatic rings. The summed E-state index contributed by atoms with van der Waals surface area (Å²) in [5.74, 6) is 0.569. The molecule has 2 saturated heterocycles. The average Bonchev–Trinajstić information content (AvgIpc) is 3.49. The summed E-state index contributed by atoms with van der Waals surface area (Å²) in [6.07, 6.45) is -10.2. The SMILES string of the molecule is COc1ccc(N2CCNC2=O)cc1C1=C(CN2C(=O)O[C@H](c3cc(C(F)(F)F)cc(C(F)(F)F)c3)[C@@H]2C)CC(C)(C)CC1. The van der Waals surface area contributed by atoms with Crippen LogP contribution in [0.3, 0.4) is 0 Å². The van der Waals surface area contributed by atoms with Gasteiger partial charge in [-0.1, -0.05) is 13.8 Å². The summed E-state index contributed by atoms with van der Waals surface area (Å²) in [5.41, 5.74) is -0.272. The van der Waals surface area contributed by atoms with Crippen LogP contribution in [0.2, 0.25) is 0 Å². The second-order valence-corrected chi connectivity index (χ2v) is 12.2. The zero-order chi connectivity index (χ0) is 32.2. The molecule has 1 N–H and O–H groups in total. The van der Waals surface area contributed by atoms with Gasteiger partial charge in [0.25, 0.3) is 0 Å². The molecule has 13 heteroatoms. The molecule has 238 valence electrons. The number of cyclic esters (lactones) is 1. The number of methoxy groups -OCH3 is 1. The van der Waals surface area contributed by atoms with E-state index in [2.05, 4.69) is 19.2 Å². The highest BCUT2D eigenvalue weighted by Gasteiger charge is 2.44. The predicted molar refractivity (Wildman–Crippen MR) is 150 cm³/mol. The number of hydrogen-bond donors (Lipinski definition) is 1. The van der Waals surface area contributed by atoms with Crippen LogP contribution in [0.5, 0.6) is 5.75 Å². The number of hydrogen-bond acceptors (Lipinski definition) is 4. The lowest BCUT2D eigenvalue weighted by atomic mass is 9.72. The van der Waals surface area contributed by atoms with E-state index in [1.807, 2.05) is 6.07 Å². The third-order valence-electron chi connectivity index (χ3n) is 8.54. The number of allylic oxidation sites excluding steroid dienone is 1. The van der Waals surface area contributed by atoms with Gasteiger partial charge in [0.1, 0.15) is 11.9 Å². The van der Waals surface area contributed by atoms with E-state index in [-0.39, 0.29) is 29.6 Å². The molecule has 2 atom stereocenters. The monoisotopic (exact) mass is 625 g/mol. The standard InChI is InChI=1S/C31H33F6N3O4/c1-17-26(18-11-20(30(32,33)34)13-21(12-18)31(35,36)37)44-28(42)40(17)16-19-15-29(2,3)8-7-23(19)24-14-22(5-6-25(24)43-4)39-10-9-38-27(39)41/h5-6,11-14,17,26H,7-10,15-16H2,1-4H3,(H,38,41)/t17-,26-/m0/s1. The van der Waals surface area contributed by atoms with Crippen molar-refractivity contribution in [2.45, 2.75) is 64.5 Å². The molecule has 5 rings (SSSR count). The van der Waals surface area contributed by atoms with Crippen LogP contribution in [-0.2, 0) is 17.1 Å². The third kappa shape index (κ3) is 6.18. The second-order valence-electron chi connectivity index (χ2n) is 12.2. The first kappa shape index (κ1) is 31.5. The van der Waals surface area contributed by atoms with Crippen LogP contribution in [-0.4, -0.2) is 49.8 Å². The maximum absolute atomic E-state index is 13.5. The van der Waals surface area contributed by atoms with Crippen molar-refractivity contribution in [2.24, 2.45) is 5.41 Å². The van der Waals surface area contributed by atoms with E-state index >= 15 is 0 Å². The summed E-state index contributed by atoms with van der Waals surface area (Å²) in [7, 11) is 1.53. The Morgan fingerprint density at radius 1 is 1.02 bits per heavy atom. The number of benzene rings is 2. The highest BCUT2D eigenvalue weighted by atomic mass is 19.4. The lowest BCUT2D eigenvalue weighted by Crippen LogP contribution is -2.35. The van der Waals surface area contributed by atoms with E-state index in [0.717, 1.165) is 23.1 Å². The summed E-state index contributed by atoms with van der Waals surface area (Å²) in [6.45, 7) is 6.77. The Labute approximate surface area is 250 Å². The Morgan fingerprint density at radius 3 is 2.25 bits per heavy atom. The lowest BCUT2D eigenvalue weighted by Gasteiger charge is -2.36. The van der Waals surface area contributed by atoms with Gasteiger partial charge in [-0.25, -0.2) is 9.59 Å². The van der Waals surface area contributed by atoms with Crippen molar-refractivity contribution in [3.63, 3.8) is 0 Å². The molecule has 0 saturated carbocycles. The van der Waals surface area contributed by atoms with Gasteiger partial charge in [-0.15, -0.1) is 0 Å². The van der Waals surface area contributed by atoms with Gasteiger partial charge >= 0.3 is 24.5 Å². The quantitative estimate of drug-likeness (QED) is 0.333. The number of anilines is 1. The maximum atomic E-state index is 13.5. The number of carbonyl (C=O) groups excluding carboxylic acids is 2. The second kappa shape index (κ2) is 11.2. The Kier molecular flexibility index (Phi) is 8.04. The summed E-state index contributed by atoms with van der Waals surface area (Å²) >= 11 is 0. The van der Waals surface area contributed by atoms with Crippen molar-refractivity contribution in [2.75, 3.05) is 31.6 Å². The normalized spacial score (nSPS) is 22.4. The van der Waals surface area contributed by atoms with E-state index in [0.29, 0.717) is 49.5 Å². The summed E-state index contributed by atoms with van der Waals surface area (Å²) < 4.78 is 92.4. The zero-order valence-corrected chi connectivity index (χ0v) is 24.7. The van der Waals surface area contributed by atoms with Gasteiger partial charge in [0.05, 0.1) is 24.3 Å². The van der Waals surface area contributed by atoms with Gasteiger partial charge in [0.2, 0.25) is 0 Å². The molecule has 2 aromatic rings. The molecule has 0 bridgehead atoms. The minimum atomic E-state index is -5.03. The molecule has 1 aliphatic carbocycles. The molecule has 0 spiro atoms. The molecule has 2 fully saturated rings. The number of nitrogens with zero attached hydrogens (tertiary/aromatic N) is 2. The molecule has 0 aromatic heterocycles. The number of ether oxygens (including phenoxy) is 2. The van der Waals surface area contributed by atoms with Crippen LogP contribution >= 0.6 is 0 Å². The summed E-state index contributed by atoms with van der Waals surface area (Å²) in [4.78, 5) is 28.5. The molecule has 0 unspecified atom stereocenters.